The Morgan fingerprint density at radius 1 is 1.17 bits per heavy atom. The van der Waals surface area contributed by atoms with Crippen molar-refractivity contribution < 1.29 is 14.3 Å². The number of nitrogens with one attached hydrogen (secondary N) is 1. The molecule has 4 nitrogen and oxygen atoms in total. The Kier molecular flexibility index (Phi) is 6.04. The van der Waals surface area contributed by atoms with E-state index in [1.54, 1.807) is 12.1 Å². The zero-order chi connectivity index (χ0) is 16.8. The van der Waals surface area contributed by atoms with Gasteiger partial charge < -0.3 is 14.8 Å². The molecule has 0 spiro atoms. The summed E-state index contributed by atoms with van der Waals surface area (Å²) in [6, 6.07) is 12.9. The number of carbonyl (C=O) groups is 1. The predicted octanol–water partition coefficient (Wildman–Crippen LogP) is 4.56. The first-order valence-electron chi connectivity index (χ1n) is 7.39. The average Bonchev–Trinajstić information content (AvgIpc) is 2.48. The Bertz CT molecular complexity index is 668. The molecule has 0 fully saturated rings. The van der Waals surface area contributed by atoms with E-state index in [-0.39, 0.29) is 18.6 Å². The highest BCUT2D eigenvalue weighted by Gasteiger charge is 2.06. The maximum atomic E-state index is 12.0. The molecule has 1 amide bonds. The van der Waals surface area contributed by atoms with Gasteiger partial charge in [0.15, 0.2) is 6.61 Å². The van der Waals surface area contributed by atoms with E-state index in [0.29, 0.717) is 11.4 Å². The first-order valence-corrected chi connectivity index (χ1v) is 8.19. The average molecular weight is 378 g/mol. The van der Waals surface area contributed by atoms with Crippen LogP contribution in [0.1, 0.15) is 19.4 Å². The van der Waals surface area contributed by atoms with Gasteiger partial charge in [-0.3, -0.25) is 4.79 Å². The van der Waals surface area contributed by atoms with E-state index in [1.165, 1.54) is 0 Å². The molecular weight excluding hydrogens is 358 g/mol. The second-order valence-corrected chi connectivity index (χ2v) is 6.35. The van der Waals surface area contributed by atoms with E-state index < -0.39 is 0 Å². The first-order chi connectivity index (χ1) is 10.9. The fraction of sp³-hybridized carbons (Fsp3) is 0.278. The summed E-state index contributed by atoms with van der Waals surface area (Å²) in [5.74, 6) is 1.27. The van der Waals surface area contributed by atoms with Crippen LogP contribution < -0.4 is 14.8 Å². The lowest BCUT2D eigenvalue weighted by Crippen LogP contribution is -2.20. The SMILES string of the molecule is Cc1cc(Br)ccc1OCC(=O)Nc1ccc(OC(C)C)cc1. The number of halogens is 1. The van der Waals surface area contributed by atoms with Crippen LogP contribution in [0.25, 0.3) is 0 Å². The summed E-state index contributed by atoms with van der Waals surface area (Å²) in [5.41, 5.74) is 1.68. The fourth-order valence-electron chi connectivity index (χ4n) is 2.00. The van der Waals surface area contributed by atoms with Gasteiger partial charge in [0, 0.05) is 10.2 Å². The van der Waals surface area contributed by atoms with Gasteiger partial charge in [-0.1, -0.05) is 15.9 Å². The van der Waals surface area contributed by atoms with Crippen molar-refractivity contribution in [2.45, 2.75) is 26.9 Å². The number of amides is 1. The minimum Gasteiger partial charge on any atom is -0.491 e. The monoisotopic (exact) mass is 377 g/mol. The number of aryl methyl sites for hydroxylation is 1. The maximum Gasteiger partial charge on any atom is 0.262 e. The Hall–Kier alpha value is -2.01. The number of rotatable bonds is 6. The molecule has 5 heteroatoms. The first kappa shape index (κ1) is 17.3. The topological polar surface area (TPSA) is 47.6 Å². The van der Waals surface area contributed by atoms with Crippen molar-refractivity contribution in [1.29, 1.82) is 0 Å². The van der Waals surface area contributed by atoms with Crippen LogP contribution in [0.3, 0.4) is 0 Å². The quantitative estimate of drug-likeness (QED) is 0.802. The molecule has 0 aliphatic carbocycles. The molecule has 1 N–H and O–H groups in total. The molecule has 0 aliphatic heterocycles. The van der Waals surface area contributed by atoms with Gasteiger partial charge in [0.25, 0.3) is 5.91 Å². The Balaban J connectivity index is 1.87. The summed E-state index contributed by atoms with van der Waals surface area (Å²) >= 11 is 3.40. The molecule has 122 valence electrons. The zero-order valence-electron chi connectivity index (χ0n) is 13.4. The lowest BCUT2D eigenvalue weighted by Gasteiger charge is -2.11. The minimum absolute atomic E-state index is 0.0350. The van der Waals surface area contributed by atoms with Crippen LogP contribution in [0.5, 0.6) is 11.5 Å². The standard InChI is InChI=1S/C18H20BrNO3/c1-12(2)23-16-7-5-15(6-8-16)20-18(21)11-22-17-9-4-14(19)10-13(17)3/h4-10,12H,11H2,1-3H3,(H,20,21). The number of ether oxygens (including phenoxy) is 2. The van der Waals surface area contributed by atoms with E-state index in [1.807, 2.05) is 51.1 Å². The molecular formula is C18H20BrNO3. The summed E-state index contributed by atoms with van der Waals surface area (Å²) in [6.45, 7) is 5.84. The molecule has 2 aromatic carbocycles. The molecule has 0 aromatic heterocycles. The van der Waals surface area contributed by atoms with Crippen molar-refractivity contribution in [3.05, 3.63) is 52.5 Å². The number of anilines is 1. The van der Waals surface area contributed by atoms with Crippen molar-refractivity contribution in [1.82, 2.24) is 0 Å². The lowest BCUT2D eigenvalue weighted by atomic mass is 10.2. The molecule has 2 rings (SSSR count). The molecule has 0 saturated heterocycles. The number of hydrogen-bond acceptors (Lipinski definition) is 3. The maximum absolute atomic E-state index is 12.0. The van der Waals surface area contributed by atoms with E-state index in [4.69, 9.17) is 9.47 Å². The van der Waals surface area contributed by atoms with Gasteiger partial charge in [0.2, 0.25) is 0 Å². The van der Waals surface area contributed by atoms with Gasteiger partial charge in [-0.25, -0.2) is 0 Å². The minimum atomic E-state index is -0.204. The van der Waals surface area contributed by atoms with Crippen molar-refractivity contribution in [2.75, 3.05) is 11.9 Å². The van der Waals surface area contributed by atoms with Gasteiger partial charge in [0.05, 0.1) is 6.10 Å². The van der Waals surface area contributed by atoms with E-state index in [0.717, 1.165) is 15.8 Å². The second-order valence-electron chi connectivity index (χ2n) is 5.44. The van der Waals surface area contributed by atoms with Gasteiger partial charge >= 0.3 is 0 Å². The summed E-state index contributed by atoms with van der Waals surface area (Å²) in [7, 11) is 0. The Morgan fingerprint density at radius 3 is 2.48 bits per heavy atom. The summed E-state index contributed by atoms with van der Waals surface area (Å²) in [5, 5.41) is 2.79. The number of benzene rings is 2. The van der Waals surface area contributed by atoms with E-state index >= 15 is 0 Å². The second kappa shape index (κ2) is 8.02. The largest absolute Gasteiger partial charge is 0.491 e. The lowest BCUT2D eigenvalue weighted by molar-refractivity contribution is -0.118. The van der Waals surface area contributed by atoms with Gasteiger partial charge in [-0.15, -0.1) is 0 Å². The van der Waals surface area contributed by atoms with Crippen molar-refractivity contribution in [2.24, 2.45) is 0 Å². The molecule has 0 atom stereocenters. The molecule has 0 unspecified atom stereocenters. The molecule has 0 bridgehead atoms. The van der Waals surface area contributed by atoms with Crippen molar-refractivity contribution in [3.8, 4) is 11.5 Å². The van der Waals surface area contributed by atoms with Gasteiger partial charge in [-0.2, -0.15) is 0 Å². The summed E-state index contributed by atoms with van der Waals surface area (Å²) in [6.07, 6.45) is 0.123. The zero-order valence-corrected chi connectivity index (χ0v) is 15.0. The van der Waals surface area contributed by atoms with Crippen LogP contribution in [0, 0.1) is 6.92 Å². The summed E-state index contributed by atoms with van der Waals surface area (Å²) in [4.78, 5) is 12.0. The van der Waals surface area contributed by atoms with Crippen LogP contribution in [-0.4, -0.2) is 18.6 Å². The number of carbonyl (C=O) groups excluding carboxylic acids is 1. The highest BCUT2D eigenvalue weighted by Crippen LogP contribution is 2.22. The smallest absolute Gasteiger partial charge is 0.262 e. The number of hydrogen-bond donors (Lipinski definition) is 1. The van der Waals surface area contributed by atoms with Gasteiger partial charge in [0.1, 0.15) is 11.5 Å². The van der Waals surface area contributed by atoms with Gasteiger partial charge in [-0.05, 0) is 68.8 Å². The van der Waals surface area contributed by atoms with Crippen LogP contribution in [0.4, 0.5) is 5.69 Å². The Morgan fingerprint density at radius 2 is 1.87 bits per heavy atom. The van der Waals surface area contributed by atoms with Crippen LogP contribution in [0.2, 0.25) is 0 Å². The van der Waals surface area contributed by atoms with E-state index in [9.17, 15) is 4.79 Å². The van der Waals surface area contributed by atoms with Crippen LogP contribution in [-0.2, 0) is 4.79 Å². The fourth-order valence-corrected chi connectivity index (χ4v) is 2.48. The highest BCUT2D eigenvalue weighted by molar-refractivity contribution is 9.10. The molecule has 0 aliphatic rings. The van der Waals surface area contributed by atoms with Crippen LogP contribution >= 0.6 is 15.9 Å². The highest BCUT2D eigenvalue weighted by atomic mass is 79.9. The molecule has 0 radical (unpaired) electrons. The molecule has 23 heavy (non-hydrogen) atoms. The van der Waals surface area contributed by atoms with Crippen molar-refractivity contribution in [3.63, 3.8) is 0 Å². The van der Waals surface area contributed by atoms with Crippen molar-refractivity contribution >= 4 is 27.5 Å². The molecule has 0 saturated carbocycles. The Labute approximate surface area is 144 Å². The molecule has 2 aromatic rings. The van der Waals surface area contributed by atoms with Crippen LogP contribution in [0.15, 0.2) is 46.9 Å². The summed E-state index contributed by atoms with van der Waals surface area (Å²) < 4.78 is 12.1. The van der Waals surface area contributed by atoms with E-state index in [2.05, 4.69) is 21.2 Å². The normalized spacial score (nSPS) is 10.5. The molecule has 0 heterocycles. The third kappa shape index (κ3) is 5.60. The predicted molar refractivity (Wildman–Crippen MR) is 95.2 cm³/mol. The third-order valence-corrected chi connectivity index (χ3v) is 3.50. The third-order valence-electron chi connectivity index (χ3n) is 3.01.